The maximum Gasteiger partial charge on any atom is 0.294 e. The van der Waals surface area contributed by atoms with Gasteiger partial charge in [-0.15, -0.1) is 11.3 Å². The van der Waals surface area contributed by atoms with E-state index in [2.05, 4.69) is 10.3 Å². The van der Waals surface area contributed by atoms with Crippen LogP contribution in [-0.4, -0.2) is 23.7 Å². The molecule has 1 heterocycles. The van der Waals surface area contributed by atoms with E-state index >= 15 is 0 Å². The largest absolute Gasteiger partial charge is 0.399 e. The van der Waals surface area contributed by atoms with Crippen molar-refractivity contribution in [1.82, 2.24) is 10.3 Å². The number of aromatic nitrogens is 1. The lowest BCUT2D eigenvalue weighted by molar-refractivity contribution is -0.116. The number of nitrogens with one attached hydrogen (secondary N) is 1. The highest BCUT2D eigenvalue weighted by molar-refractivity contribution is 7.21. The number of carbonyl (C=O) groups is 2. The Morgan fingerprint density at radius 3 is 2.88 bits per heavy atom. The molecule has 0 saturated carbocycles. The van der Waals surface area contributed by atoms with E-state index in [0.29, 0.717) is 11.2 Å². The van der Waals surface area contributed by atoms with E-state index in [-0.39, 0.29) is 5.01 Å². The molecule has 0 atom stereocenters. The minimum absolute atomic E-state index is 0.181. The van der Waals surface area contributed by atoms with E-state index in [1.54, 1.807) is 18.2 Å². The number of ketones is 1. The van der Waals surface area contributed by atoms with Gasteiger partial charge in [-0.1, -0.05) is 0 Å². The highest BCUT2D eigenvalue weighted by Crippen LogP contribution is 2.24. The van der Waals surface area contributed by atoms with Crippen LogP contribution in [0.5, 0.6) is 0 Å². The Bertz CT molecular complexity index is 576. The topological polar surface area (TPSA) is 85.1 Å². The van der Waals surface area contributed by atoms with Crippen LogP contribution < -0.4 is 11.1 Å². The Morgan fingerprint density at radius 1 is 1.44 bits per heavy atom. The number of nitrogens with zero attached hydrogens (tertiary/aromatic N) is 1. The van der Waals surface area contributed by atoms with Gasteiger partial charge in [0.05, 0.1) is 10.2 Å². The molecular weight excluding hydrogens is 226 g/mol. The molecule has 1 aromatic carbocycles. The standard InChI is InChI=1S/C10H9N3O2S/c1-12-9(15)8(14)10-13-6-3-2-5(11)4-7(6)16-10/h2-4H,11H2,1H3,(H,12,15). The Kier molecular flexibility index (Phi) is 2.57. The zero-order valence-electron chi connectivity index (χ0n) is 8.48. The molecule has 16 heavy (non-hydrogen) atoms. The second-order valence-corrected chi connectivity index (χ2v) is 4.19. The zero-order valence-corrected chi connectivity index (χ0v) is 9.30. The molecular formula is C10H9N3O2S. The number of rotatable bonds is 2. The summed E-state index contributed by atoms with van der Waals surface area (Å²) in [6.07, 6.45) is 0. The van der Waals surface area contributed by atoms with E-state index in [1.165, 1.54) is 7.05 Å². The van der Waals surface area contributed by atoms with Gasteiger partial charge in [-0.2, -0.15) is 0 Å². The van der Waals surface area contributed by atoms with Crippen LogP contribution in [0.4, 0.5) is 5.69 Å². The van der Waals surface area contributed by atoms with Gasteiger partial charge < -0.3 is 11.1 Å². The molecule has 0 aliphatic carbocycles. The first-order valence-electron chi connectivity index (χ1n) is 4.54. The molecule has 0 saturated heterocycles. The summed E-state index contributed by atoms with van der Waals surface area (Å²) in [6.45, 7) is 0. The first-order valence-corrected chi connectivity index (χ1v) is 5.36. The third kappa shape index (κ3) is 1.74. The molecule has 0 aliphatic heterocycles. The van der Waals surface area contributed by atoms with Gasteiger partial charge >= 0.3 is 0 Å². The van der Waals surface area contributed by atoms with Gasteiger partial charge in [-0.05, 0) is 18.2 Å². The molecule has 82 valence electrons. The lowest BCUT2D eigenvalue weighted by atomic mass is 10.3. The van der Waals surface area contributed by atoms with E-state index < -0.39 is 11.7 Å². The highest BCUT2D eigenvalue weighted by atomic mass is 32.1. The van der Waals surface area contributed by atoms with Crippen LogP contribution in [0.3, 0.4) is 0 Å². The fraction of sp³-hybridized carbons (Fsp3) is 0.100. The van der Waals surface area contributed by atoms with E-state index in [0.717, 1.165) is 16.0 Å². The summed E-state index contributed by atoms with van der Waals surface area (Å²) >= 11 is 1.16. The predicted molar refractivity (Wildman–Crippen MR) is 62.4 cm³/mol. The molecule has 6 heteroatoms. The average Bonchev–Trinajstić information content (AvgIpc) is 2.69. The molecule has 1 aromatic heterocycles. The van der Waals surface area contributed by atoms with Gasteiger partial charge in [0.25, 0.3) is 11.7 Å². The number of nitrogens with two attached hydrogens (primary N) is 1. The highest BCUT2D eigenvalue weighted by Gasteiger charge is 2.18. The van der Waals surface area contributed by atoms with Crippen molar-refractivity contribution in [3.63, 3.8) is 0 Å². The molecule has 2 aromatic rings. The number of carbonyl (C=O) groups excluding carboxylic acids is 2. The first-order chi connectivity index (χ1) is 7.61. The number of likely N-dealkylation sites (N-methyl/N-ethyl adjacent to an activating group) is 1. The minimum atomic E-state index is -0.660. The smallest absolute Gasteiger partial charge is 0.294 e. The lowest BCUT2D eigenvalue weighted by Crippen LogP contribution is -2.27. The summed E-state index contributed by atoms with van der Waals surface area (Å²) in [4.78, 5) is 26.7. The molecule has 0 aliphatic rings. The second kappa shape index (κ2) is 3.90. The zero-order chi connectivity index (χ0) is 11.7. The number of Topliss-reactive ketones (excluding diaryl/α,β-unsaturated/α-hetero) is 1. The molecule has 1 amide bonds. The summed E-state index contributed by atoms with van der Waals surface area (Å²) in [5.41, 5.74) is 6.89. The van der Waals surface area contributed by atoms with E-state index in [9.17, 15) is 9.59 Å². The second-order valence-electron chi connectivity index (χ2n) is 3.15. The Hall–Kier alpha value is -1.95. The molecule has 5 nitrogen and oxygen atoms in total. The van der Waals surface area contributed by atoms with Crippen molar-refractivity contribution < 1.29 is 9.59 Å². The van der Waals surface area contributed by atoms with Gasteiger partial charge in [0.2, 0.25) is 0 Å². The van der Waals surface area contributed by atoms with Crippen molar-refractivity contribution >= 4 is 38.9 Å². The molecule has 0 bridgehead atoms. The van der Waals surface area contributed by atoms with Crippen LogP contribution in [0.15, 0.2) is 18.2 Å². The number of benzene rings is 1. The Labute approximate surface area is 95.3 Å². The number of nitrogen functional groups attached to an aromatic ring is 1. The third-order valence-electron chi connectivity index (χ3n) is 2.04. The van der Waals surface area contributed by atoms with Crippen molar-refractivity contribution in [2.24, 2.45) is 0 Å². The number of thiazole rings is 1. The van der Waals surface area contributed by atoms with Crippen LogP contribution in [0.1, 0.15) is 9.80 Å². The van der Waals surface area contributed by atoms with E-state index in [4.69, 9.17) is 5.73 Å². The number of amides is 1. The minimum Gasteiger partial charge on any atom is -0.399 e. The molecule has 3 N–H and O–H groups in total. The van der Waals surface area contributed by atoms with E-state index in [1.807, 2.05) is 0 Å². The Balaban J connectivity index is 2.47. The summed E-state index contributed by atoms with van der Waals surface area (Å²) < 4.78 is 0.798. The average molecular weight is 235 g/mol. The summed E-state index contributed by atoms with van der Waals surface area (Å²) in [7, 11) is 1.41. The van der Waals surface area contributed by atoms with Gasteiger partial charge in [0.1, 0.15) is 0 Å². The van der Waals surface area contributed by atoms with Gasteiger partial charge in [-0.25, -0.2) is 4.98 Å². The SMILES string of the molecule is CNC(=O)C(=O)c1nc2ccc(N)cc2s1. The molecule has 0 spiro atoms. The van der Waals surface area contributed by atoms with Crippen LogP contribution in [0.2, 0.25) is 0 Å². The van der Waals surface area contributed by atoms with Crippen LogP contribution in [0.25, 0.3) is 10.2 Å². The summed E-state index contributed by atoms with van der Waals surface area (Å²) in [5.74, 6) is -1.28. The molecule has 0 unspecified atom stereocenters. The fourth-order valence-electron chi connectivity index (χ4n) is 1.25. The normalized spacial score (nSPS) is 10.3. The first kappa shape index (κ1) is 10.6. The molecule has 2 rings (SSSR count). The summed E-state index contributed by atoms with van der Waals surface area (Å²) in [6, 6.07) is 5.16. The number of hydrogen-bond acceptors (Lipinski definition) is 5. The Morgan fingerprint density at radius 2 is 2.19 bits per heavy atom. The van der Waals surface area contributed by atoms with Gasteiger partial charge in [0.15, 0.2) is 5.01 Å². The summed E-state index contributed by atoms with van der Waals surface area (Å²) in [5, 5.41) is 2.45. The van der Waals surface area contributed by atoms with Crippen molar-refractivity contribution in [2.45, 2.75) is 0 Å². The van der Waals surface area contributed by atoms with Crippen molar-refractivity contribution in [3.05, 3.63) is 23.2 Å². The predicted octanol–water partition coefficient (Wildman–Crippen LogP) is 0.807. The van der Waals surface area contributed by atoms with Crippen molar-refractivity contribution in [1.29, 1.82) is 0 Å². The number of fused-ring (bicyclic) bond motifs is 1. The lowest BCUT2D eigenvalue weighted by Gasteiger charge is -1.92. The monoisotopic (exact) mass is 235 g/mol. The number of anilines is 1. The maximum atomic E-state index is 11.5. The van der Waals surface area contributed by atoms with Crippen molar-refractivity contribution in [2.75, 3.05) is 12.8 Å². The third-order valence-corrected chi connectivity index (χ3v) is 3.06. The van der Waals surface area contributed by atoms with Crippen molar-refractivity contribution in [3.8, 4) is 0 Å². The molecule has 0 fully saturated rings. The maximum absolute atomic E-state index is 11.5. The van der Waals surface area contributed by atoms with Crippen LogP contribution in [-0.2, 0) is 4.79 Å². The number of hydrogen-bond donors (Lipinski definition) is 2. The van der Waals surface area contributed by atoms with Crippen LogP contribution >= 0.6 is 11.3 Å². The molecule has 0 radical (unpaired) electrons. The quantitative estimate of drug-likeness (QED) is 0.458. The van der Waals surface area contributed by atoms with Gasteiger partial charge in [0, 0.05) is 12.7 Å². The fourth-order valence-corrected chi connectivity index (χ4v) is 2.20. The van der Waals surface area contributed by atoms with Crippen LogP contribution in [0, 0.1) is 0 Å². The van der Waals surface area contributed by atoms with Gasteiger partial charge in [-0.3, -0.25) is 9.59 Å².